The van der Waals surface area contributed by atoms with E-state index in [1.807, 2.05) is 6.07 Å². The SMILES string of the molecule is CCc1ccc(O)cc1OCCCCCCC[SH](=O)=O. The molecule has 0 atom stereocenters. The largest absolute Gasteiger partial charge is 0.508 e. The van der Waals surface area contributed by atoms with E-state index in [0.717, 1.165) is 49.8 Å². The third-order valence-electron chi connectivity index (χ3n) is 3.17. The minimum Gasteiger partial charge on any atom is -0.508 e. The molecule has 0 heterocycles. The van der Waals surface area contributed by atoms with Gasteiger partial charge in [0.1, 0.15) is 22.2 Å². The molecule has 0 aliphatic rings. The maximum absolute atomic E-state index is 10.4. The van der Waals surface area contributed by atoms with Crippen LogP contribution in [0.2, 0.25) is 0 Å². The van der Waals surface area contributed by atoms with Crippen LogP contribution in [0, 0.1) is 0 Å². The van der Waals surface area contributed by atoms with Crippen molar-refractivity contribution in [3.8, 4) is 11.5 Å². The van der Waals surface area contributed by atoms with Crippen LogP contribution in [-0.4, -0.2) is 25.9 Å². The molecule has 4 nitrogen and oxygen atoms in total. The topological polar surface area (TPSA) is 63.6 Å². The molecule has 1 rings (SSSR count). The maximum atomic E-state index is 10.4. The molecule has 114 valence electrons. The van der Waals surface area contributed by atoms with Crippen molar-refractivity contribution >= 4 is 10.7 Å². The van der Waals surface area contributed by atoms with Crippen molar-refractivity contribution in [1.29, 1.82) is 0 Å². The smallest absolute Gasteiger partial charge is 0.140 e. The van der Waals surface area contributed by atoms with Crippen LogP contribution in [0.3, 0.4) is 0 Å². The van der Waals surface area contributed by atoms with E-state index in [0.29, 0.717) is 12.4 Å². The summed E-state index contributed by atoms with van der Waals surface area (Å²) in [5, 5.41) is 9.45. The number of phenols is 1. The summed E-state index contributed by atoms with van der Waals surface area (Å²) in [6, 6.07) is 5.21. The van der Waals surface area contributed by atoms with Crippen molar-refractivity contribution in [1.82, 2.24) is 0 Å². The van der Waals surface area contributed by atoms with E-state index in [1.54, 1.807) is 12.1 Å². The number of hydrogen-bond acceptors (Lipinski definition) is 4. The molecule has 0 unspecified atom stereocenters. The Bertz CT molecular complexity index is 461. The zero-order chi connectivity index (χ0) is 14.8. The molecule has 0 aliphatic heterocycles. The number of ether oxygens (including phenoxy) is 1. The molecule has 0 radical (unpaired) electrons. The Labute approximate surface area is 122 Å². The van der Waals surface area contributed by atoms with Gasteiger partial charge in [-0.05, 0) is 30.9 Å². The van der Waals surface area contributed by atoms with E-state index in [1.165, 1.54) is 0 Å². The van der Waals surface area contributed by atoms with Gasteiger partial charge in [0.05, 0.1) is 6.61 Å². The standard InChI is InChI=1S/C15H24O4S/c1-2-13-8-9-14(16)12-15(13)19-10-6-4-3-5-7-11-20(17)18/h8-9,12,16,20H,2-7,10-11H2,1H3. The third kappa shape index (κ3) is 6.80. The van der Waals surface area contributed by atoms with Crippen molar-refractivity contribution in [2.75, 3.05) is 12.4 Å². The first-order chi connectivity index (χ1) is 9.63. The lowest BCUT2D eigenvalue weighted by Crippen LogP contribution is -2.00. The lowest BCUT2D eigenvalue weighted by Gasteiger charge is -2.10. The van der Waals surface area contributed by atoms with Gasteiger partial charge in [-0.2, -0.15) is 0 Å². The van der Waals surface area contributed by atoms with Gasteiger partial charge in [0.2, 0.25) is 0 Å². The second-order valence-electron chi connectivity index (χ2n) is 4.82. The Morgan fingerprint density at radius 2 is 1.80 bits per heavy atom. The van der Waals surface area contributed by atoms with Gasteiger partial charge in [-0.15, -0.1) is 0 Å². The molecule has 1 aromatic carbocycles. The molecular formula is C15H24O4S. The number of phenolic OH excluding ortho intramolecular Hbond substituents is 1. The number of benzene rings is 1. The molecule has 0 fully saturated rings. The number of thiol groups is 1. The van der Waals surface area contributed by atoms with Crippen LogP contribution in [0.4, 0.5) is 0 Å². The van der Waals surface area contributed by atoms with Crippen LogP contribution in [-0.2, 0) is 17.1 Å². The number of aryl methyl sites for hydroxylation is 1. The average molecular weight is 300 g/mol. The lowest BCUT2D eigenvalue weighted by molar-refractivity contribution is 0.300. The average Bonchev–Trinajstić information content (AvgIpc) is 2.41. The van der Waals surface area contributed by atoms with Crippen LogP contribution in [0.15, 0.2) is 18.2 Å². The van der Waals surface area contributed by atoms with Gasteiger partial charge < -0.3 is 9.84 Å². The molecule has 0 spiro atoms. The first-order valence-corrected chi connectivity index (χ1v) is 8.56. The van der Waals surface area contributed by atoms with Gasteiger partial charge in [-0.1, -0.05) is 32.3 Å². The van der Waals surface area contributed by atoms with Crippen LogP contribution >= 0.6 is 0 Å². The Balaban J connectivity index is 2.16. The summed E-state index contributed by atoms with van der Waals surface area (Å²) in [5.74, 6) is 1.29. The van der Waals surface area contributed by atoms with E-state index in [9.17, 15) is 13.5 Å². The summed E-state index contributed by atoms with van der Waals surface area (Å²) >= 11 is 0. The molecule has 0 amide bonds. The Hall–Kier alpha value is -1.23. The fourth-order valence-corrected chi connectivity index (χ4v) is 2.51. The van der Waals surface area contributed by atoms with E-state index in [-0.39, 0.29) is 5.75 Å². The van der Waals surface area contributed by atoms with E-state index in [4.69, 9.17) is 4.74 Å². The monoisotopic (exact) mass is 300 g/mol. The maximum Gasteiger partial charge on any atom is 0.140 e. The number of rotatable bonds is 10. The van der Waals surface area contributed by atoms with Crippen molar-refractivity contribution in [2.24, 2.45) is 0 Å². The van der Waals surface area contributed by atoms with Gasteiger partial charge in [0, 0.05) is 11.8 Å². The molecule has 0 aromatic heterocycles. The van der Waals surface area contributed by atoms with Gasteiger partial charge >= 0.3 is 0 Å². The lowest BCUT2D eigenvalue weighted by atomic mass is 10.1. The molecule has 1 aromatic rings. The highest BCUT2D eigenvalue weighted by molar-refractivity contribution is 7.72. The minimum atomic E-state index is -2.22. The molecule has 0 saturated carbocycles. The highest BCUT2D eigenvalue weighted by atomic mass is 32.2. The summed E-state index contributed by atoms with van der Waals surface area (Å²) in [4.78, 5) is 0. The minimum absolute atomic E-state index is 0.226. The third-order valence-corrected chi connectivity index (χ3v) is 3.86. The van der Waals surface area contributed by atoms with Crippen LogP contribution in [0.5, 0.6) is 11.5 Å². The Kier molecular flexibility index (Phi) is 8.11. The summed E-state index contributed by atoms with van der Waals surface area (Å²) in [7, 11) is -2.22. The molecule has 20 heavy (non-hydrogen) atoms. The van der Waals surface area contributed by atoms with Crippen molar-refractivity contribution < 1.29 is 18.3 Å². The zero-order valence-corrected chi connectivity index (χ0v) is 12.9. The fraction of sp³-hybridized carbons (Fsp3) is 0.600. The molecule has 0 bridgehead atoms. The predicted octanol–water partition coefficient (Wildman–Crippen LogP) is 2.90. The highest BCUT2D eigenvalue weighted by Crippen LogP contribution is 2.24. The first-order valence-electron chi connectivity index (χ1n) is 7.20. The molecule has 0 saturated heterocycles. The van der Waals surface area contributed by atoms with E-state index >= 15 is 0 Å². The molecule has 0 aliphatic carbocycles. The zero-order valence-electron chi connectivity index (χ0n) is 12.0. The normalized spacial score (nSPS) is 10.9. The molecule has 1 N–H and O–H groups in total. The Morgan fingerprint density at radius 3 is 2.50 bits per heavy atom. The molecular weight excluding hydrogens is 276 g/mol. The van der Waals surface area contributed by atoms with Crippen LogP contribution in [0.25, 0.3) is 0 Å². The summed E-state index contributed by atoms with van der Waals surface area (Å²) < 4.78 is 26.4. The van der Waals surface area contributed by atoms with Gasteiger partial charge in [0.15, 0.2) is 0 Å². The van der Waals surface area contributed by atoms with Gasteiger partial charge in [-0.3, -0.25) is 0 Å². The van der Waals surface area contributed by atoms with Crippen molar-refractivity contribution in [3.05, 3.63) is 23.8 Å². The van der Waals surface area contributed by atoms with Gasteiger partial charge in [0.25, 0.3) is 0 Å². The van der Waals surface area contributed by atoms with Crippen molar-refractivity contribution in [3.63, 3.8) is 0 Å². The number of hydrogen-bond donors (Lipinski definition) is 2. The van der Waals surface area contributed by atoms with Crippen molar-refractivity contribution in [2.45, 2.75) is 45.4 Å². The predicted molar refractivity (Wildman–Crippen MR) is 81.2 cm³/mol. The first kappa shape index (κ1) is 16.8. The van der Waals surface area contributed by atoms with E-state index in [2.05, 4.69) is 6.92 Å². The summed E-state index contributed by atoms with van der Waals surface area (Å²) in [6.07, 6.45) is 5.61. The second-order valence-corrected chi connectivity index (χ2v) is 5.93. The Morgan fingerprint density at radius 1 is 1.10 bits per heavy atom. The number of aromatic hydroxyl groups is 1. The quantitative estimate of drug-likeness (QED) is 0.515. The van der Waals surface area contributed by atoms with Crippen LogP contribution < -0.4 is 4.74 Å². The summed E-state index contributed by atoms with van der Waals surface area (Å²) in [5.41, 5.74) is 1.10. The molecule has 5 heteroatoms. The summed E-state index contributed by atoms with van der Waals surface area (Å²) in [6.45, 7) is 2.69. The second kappa shape index (κ2) is 9.64. The number of unbranched alkanes of at least 4 members (excludes halogenated alkanes) is 4. The fourth-order valence-electron chi connectivity index (χ4n) is 2.03. The van der Waals surface area contributed by atoms with Crippen LogP contribution in [0.1, 0.15) is 44.6 Å². The van der Waals surface area contributed by atoms with Gasteiger partial charge in [-0.25, -0.2) is 8.42 Å². The van der Waals surface area contributed by atoms with E-state index < -0.39 is 10.7 Å². The highest BCUT2D eigenvalue weighted by Gasteiger charge is 2.03.